The van der Waals surface area contributed by atoms with Gasteiger partial charge in [0.1, 0.15) is 44.1 Å². The van der Waals surface area contributed by atoms with Gasteiger partial charge in [-0.3, -0.25) is 4.40 Å². The molecule has 1 aliphatic heterocycles. The molecule has 4 rings (SSSR count). The van der Waals surface area contributed by atoms with E-state index in [1.165, 1.54) is 48.6 Å². The first-order valence-electron chi connectivity index (χ1n) is 8.90. The quantitative estimate of drug-likeness (QED) is 0.727. The number of fused-ring (bicyclic) bond motifs is 1. The molecule has 1 saturated heterocycles. The van der Waals surface area contributed by atoms with Crippen molar-refractivity contribution in [1.29, 1.82) is 0 Å². The lowest BCUT2D eigenvalue weighted by molar-refractivity contribution is -0.958. The summed E-state index contributed by atoms with van der Waals surface area (Å²) in [5.74, 6) is 0. The summed E-state index contributed by atoms with van der Waals surface area (Å²) in [7, 11) is 0. The van der Waals surface area contributed by atoms with Crippen molar-refractivity contribution >= 4 is 5.65 Å². The van der Waals surface area contributed by atoms with Crippen molar-refractivity contribution in [3.05, 3.63) is 59.4 Å². The zero-order chi connectivity index (χ0) is 16.5. The fourth-order valence-electron chi connectivity index (χ4n) is 3.61. The van der Waals surface area contributed by atoms with E-state index in [1.807, 2.05) is 0 Å². The van der Waals surface area contributed by atoms with Gasteiger partial charge in [-0.2, -0.15) is 0 Å². The number of imidazole rings is 1. The number of quaternary nitrogens is 2. The van der Waals surface area contributed by atoms with Crippen molar-refractivity contribution in [3.63, 3.8) is 0 Å². The molecule has 3 heterocycles. The Balaban J connectivity index is 1.81. The van der Waals surface area contributed by atoms with E-state index in [2.05, 4.69) is 66.2 Å². The van der Waals surface area contributed by atoms with Crippen LogP contribution in [-0.2, 0) is 6.54 Å². The van der Waals surface area contributed by atoms with Gasteiger partial charge in [-0.1, -0.05) is 35.9 Å². The van der Waals surface area contributed by atoms with Crippen molar-refractivity contribution in [2.45, 2.75) is 20.4 Å². The number of rotatable bonds is 3. The van der Waals surface area contributed by atoms with E-state index in [0.29, 0.717) is 0 Å². The minimum Gasteiger partial charge on any atom is -0.337 e. The molecular formula is C20H26N4+2. The molecule has 4 heteroatoms. The van der Waals surface area contributed by atoms with E-state index in [0.717, 1.165) is 17.9 Å². The van der Waals surface area contributed by atoms with Gasteiger partial charge in [0, 0.05) is 11.8 Å². The second-order valence-corrected chi connectivity index (χ2v) is 7.00. The second kappa shape index (κ2) is 6.38. The number of aromatic nitrogens is 2. The van der Waals surface area contributed by atoms with Crippen LogP contribution in [0.5, 0.6) is 0 Å². The molecule has 0 saturated carbocycles. The molecule has 1 aromatic carbocycles. The Hall–Kier alpha value is -2.17. The Labute approximate surface area is 143 Å². The highest BCUT2D eigenvalue weighted by atomic mass is 15.2. The molecule has 2 aromatic heterocycles. The third-order valence-corrected chi connectivity index (χ3v) is 5.01. The summed E-state index contributed by atoms with van der Waals surface area (Å²) < 4.78 is 2.30. The normalized spacial score (nSPS) is 15.9. The maximum Gasteiger partial charge on any atom is 0.137 e. The first-order valence-corrected chi connectivity index (χ1v) is 8.90. The van der Waals surface area contributed by atoms with Crippen LogP contribution in [0.1, 0.15) is 16.8 Å². The average Bonchev–Trinajstić information content (AvgIpc) is 2.94. The van der Waals surface area contributed by atoms with Gasteiger partial charge in [-0.15, -0.1) is 0 Å². The van der Waals surface area contributed by atoms with Crippen molar-refractivity contribution in [3.8, 4) is 11.3 Å². The lowest BCUT2D eigenvalue weighted by atomic mass is 10.1. The highest BCUT2D eigenvalue weighted by molar-refractivity contribution is 5.66. The van der Waals surface area contributed by atoms with Crippen molar-refractivity contribution in [2.24, 2.45) is 0 Å². The van der Waals surface area contributed by atoms with Crippen LogP contribution < -0.4 is 10.2 Å². The fourth-order valence-corrected chi connectivity index (χ4v) is 3.61. The van der Waals surface area contributed by atoms with Crippen molar-refractivity contribution < 1.29 is 10.2 Å². The summed E-state index contributed by atoms with van der Waals surface area (Å²) >= 11 is 0. The topological polar surface area (TPSA) is 38.4 Å². The van der Waals surface area contributed by atoms with E-state index >= 15 is 0 Å². The number of nitrogens with one attached hydrogen (secondary N) is 1. The molecule has 3 aromatic rings. The number of benzene rings is 1. The van der Waals surface area contributed by atoms with Gasteiger partial charge < -0.3 is 10.2 Å². The Morgan fingerprint density at radius 2 is 1.71 bits per heavy atom. The predicted molar refractivity (Wildman–Crippen MR) is 96.2 cm³/mol. The zero-order valence-corrected chi connectivity index (χ0v) is 14.5. The SMILES string of the molecule is Cc1ccc(-c2nc3ccc(C)cn3c2C[NH+]2CC[NH2+]CC2)cc1. The standard InChI is InChI=1S/C20H24N4/c1-15-3-6-17(7-4-15)20-18(14-23-11-9-21-10-12-23)24-13-16(2)5-8-19(24)22-20/h3-8,13,21H,9-12,14H2,1-2H3/p+2. The number of hydrogen-bond donors (Lipinski definition) is 2. The highest BCUT2D eigenvalue weighted by Crippen LogP contribution is 2.25. The summed E-state index contributed by atoms with van der Waals surface area (Å²) in [6.07, 6.45) is 2.23. The highest BCUT2D eigenvalue weighted by Gasteiger charge is 2.22. The van der Waals surface area contributed by atoms with Gasteiger partial charge in [-0.05, 0) is 25.5 Å². The maximum absolute atomic E-state index is 4.96. The van der Waals surface area contributed by atoms with Gasteiger partial charge in [0.15, 0.2) is 0 Å². The van der Waals surface area contributed by atoms with Gasteiger partial charge in [-0.25, -0.2) is 4.98 Å². The minimum absolute atomic E-state index is 1.04. The van der Waals surface area contributed by atoms with Crippen molar-refractivity contribution in [1.82, 2.24) is 9.38 Å². The van der Waals surface area contributed by atoms with Crippen LogP contribution in [0.15, 0.2) is 42.6 Å². The maximum atomic E-state index is 4.96. The average molecular weight is 322 g/mol. The van der Waals surface area contributed by atoms with Crippen LogP contribution in [0.3, 0.4) is 0 Å². The van der Waals surface area contributed by atoms with E-state index in [4.69, 9.17) is 4.98 Å². The molecule has 4 nitrogen and oxygen atoms in total. The Morgan fingerprint density at radius 1 is 1.00 bits per heavy atom. The molecule has 0 spiro atoms. The van der Waals surface area contributed by atoms with Crippen LogP contribution in [0.4, 0.5) is 0 Å². The first kappa shape index (κ1) is 15.4. The molecule has 1 aliphatic rings. The predicted octanol–water partition coefficient (Wildman–Crippen LogP) is 0.580. The summed E-state index contributed by atoms with van der Waals surface area (Å²) in [5, 5.41) is 2.42. The molecule has 0 atom stereocenters. The second-order valence-electron chi connectivity index (χ2n) is 7.00. The third kappa shape index (κ3) is 2.95. The molecular weight excluding hydrogens is 296 g/mol. The van der Waals surface area contributed by atoms with Gasteiger partial charge in [0.2, 0.25) is 0 Å². The van der Waals surface area contributed by atoms with Crippen LogP contribution >= 0.6 is 0 Å². The van der Waals surface area contributed by atoms with E-state index in [9.17, 15) is 0 Å². The summed E-state index contributed by atoms with van der Waals surface area (Å²) in [5.41, 5.74) is 7.32. The Bertz CT molecular complexity index is 842. The molecule has 0 aliphatic carbocycles. The van der Waals surface area contributed by atoms with E-state index < -0.39 is 0 Å². The molecule has 3 N–H and O–H groups in total. The number of pyridine rings is 1. The lowest BCUT2D eigenvalue weighted by Gasteiger charge is -2.22. The third-order valence-electron chi connectivity index (χ3n) is 5.01. The first-order chi connectivity index (χ1) is 11.7. The van der Waals surface area contributed by atoms with Crippen molar-refractivity contribution in [2.75, 3.05) is 26.2 Å². The molecule has 0 radical (unpaired) electrons. The lowest BCUT2D eigenvalue weighted by Crippen LogP contribution is -3.19. The molecule has 124 valence electrons. The van der Waals surface area contributed by atoms with Crippen LogP contribution in [0.25, 0.3) is 16.9 Å². The molecule has 0 amide bonds. The van der Waals surface area contributed by atoms with Gasteiger partial charge >= 0.3 is 0 Å². The number of nitrogens with zero attached hydrogens (tertiary/aromatic N) is 2. The zero-order valence-electron chi connectivity index (χ0n) is 14.5. The molecule has 0 unspecified atom stereocenters. The van der Waals surface area contributed by atoms with Gasteiger partial charge in [0.05, 0.1) is 5.69 Å². The largest absolute Gasteiger partial charge is 0.337 e. The van der Waals surface area contributed by atoms with Gasteiger partial charge in [0.25, 0.3) is 0 Å². The Kier molecular flexibility index (Phi) is 4.08. The number of hydrogen-bond acceptors (Lipinski definition) is 1. The number of piperazine rings is 1. The van der Waals surface area contributed by atoms with Crippen LogP contribution in [0.2, 0.25) is 0 Å². The molecule has 24 heavy (non-hydrogen) atoms. The van der Waals surface area contributed by atoms with E-state index in [1.54, 1.807) is 4.90 Å². The summed E-state index contributed by atoms with van der Waals surface area (Å²) in [4.78, 5) is 6.62. The van der Waals surface area contributed by atoms with Crippen LogP contribution in [0, 0.1) is 13.8 Å². The monoisotopic (exact) mass is 322 g/mol. The minimum atomic E-state index is 1.04. The fraction of sp³-hybridized carbons (Fsp3) is 0.350. The van der Waals surface area contributed by atoms with Crippen LogP contribution in [-0.4, -0.2) is 35.6 Å². The number of aryl methyl sites for hydroxylation is 2. The van der Waals surface area contributed by atoms with E-state index in [-0.39, 0.29) is 0 Å². The smallest absolute Gasteiger partial charge is 0.137 e. The number of nitrogens with two attached hydrogens (primary N) is 1. The Morgan fingerprint density at radius 3 is 2.46 bits per heavy atom. The summed E-state index contributed by atoms with van der Waals surface area (Å²) in [6.45, 7) is 10.2. The molecule has 0 bridgehead atoms. The summed E-state index contributed by atoms with van der Waals surface area (Å²) in [6, 6.07) is 13.0. The molecule has 1 fully saturated rings.